The van der Waals surface area contributed by atoms with Crippen molar-refractivity contribution in [2.24, 2.45) is 5.73 Å². The Morgan fingerprint density at radius 3 is 2.35 bits per heavy atom. The van der Waals surface area contributed by atoms with Gasteiger partial charge in [-0.2, -0.15) is 0 Å². The molecule has 0 heterocycles. The number of aliphatic hydroxyl groups is 2. The number of rotatable bonds is 8. The molecule has 5 N–H and O–H groups in total. The molecule has 0 amide bonds. The molecule has 4 heteroatoms. The van der Waals surface area contributed by atoms with Crippen LogP contribution in [0.4, 0.5) is 0 Å². The average molecular weight is 316 g/mol. The largest absolute Gasteiger partial charge is 0.508 e. The number of nitrogens with two attached hydrogens (primary N) is 1. The molecule has 0 spiro atoms. The Morgan fingerprint density at radius 1 is 1.13 bits per heavy atom. The van der Waals surface area contributed by atoms with Crippen LogP contribution < -0.4 is 11.1 Å². The van der Waals surface area contributed by atoms with Crippen molar-refractivity contribution in [2.75, 3.05) is 19.6 Å². The second-order valence-electron chi connectivity index (χ2n) is 5.65. The standard InChI is InChI=1S/C19H28N2O2/c1-4-7-16-12-14(2)18(15(3)13-16)19(23)17(22)8-5-6-10-21-11-9-20/h12-13,21-23H,5-6,8-11,20H2,1-3H3/b19-17+. The highest BCUT2D eigenvalue weighted by atomic mass is 16.3. The maximum Gasteiger partial charge on any atom is 0.160 e. The summed E-state index contributed by atoms with van der Waals surface area (Å²) in [6.45, 7) is 7.94. The number of unbranched alkanes of at least 4 members (excludes halogenated alkanes) is 1. The van der Waals surface area contributed by atoms with E-state index in [0.717, 1.165) is 42.6 Å². The van der Waals surface area contributed by atoms with Crippen LogP contribution >= 0.6 is 0 Å². The van der Waals surface area contributed by atoms with Crippen molar-refractivity contribution in [3.05, 3.63) is 40.1 Å². The minimum Gasteiger partial charge on any atom is -0.508 e. The van der Waals surface area contributed by atoms with Gasteiger partial charge >= 0.3 is 0 Å². The van der Waals surface area contributed by atoms with Crippen molar-refractivity contribution in [1.29, 1.82) is 0 Å². The molecule has 0 bridgehead atoms. The first-order chi connectivity index (χ1) is 11.0. The highest BCUT2D eigenvalue weighted by Crippen LogP contribution is 2.26. The number of nitrogens with one attached hydrogen (secondary N) is 1. The highest BCUT2D eigenvalue weighted by molar-refractivity contribution is 5.67. The molecule has 1 aromatic rings. The summed E-state index contributed by atoms with van der Waals surface area (Å²) in [5, 5.41) is 23.7. The number of aliphatic hydroxyl groups excluding tert-OH is 2. The van der Waals surface area contributed by atoms with Crippen LogP contribution in [0.5, 0.6) is 0 Å². The molecule has 1 aromatic carbocycles. The van der Waals surface area contributed by atoms with Crippen LogP contribution in [0.3, 0.4) is 0 Å². The van der Waals surface area contributed by atoms with Crippen LogP contribution in [0.1, 0.15) is 48.4 Å². The van der Waals surface area contributed by atoms with E-state index in [4.69, 9.17) is 5.73 Å². The van der Waals surface area contributed by atoms with Gasteiger partial charge in [0.05, 0.1) is 0 Å². The summed E-state index contributed by atoms with van der Waals surface area (Å²) < 4.78 is 0. The Hall–Kier alpha value is -1.96. The maximum atomic E-state index is 10.4. The fraction of sp³-hybridized carbons (Fsp3) is 0.474. The van der Waals surface area contributed by atoms with Crippen LogP contribution in [-0.2, 0) is 0 Å². The first kappa shape index (κ1) is 19.1. The van der Waals surface area contributed by atoms with Gasteiger partial charge in [0, 0.05) is 30.6 Å². The van der Waals surface area contributed by atoms with Gasteiger partial charge in [0.15, 0.2) is 5.76 Å². The molecule has 0 aliphatic rings. The topological polar surface area (TPSA) is 78.5 Å². The second kappa shape index (κ2) is 9.94. The summed E-state index contributed by atoms with van der Waals surface area (Å²) >= 11 is 0. The molecule has 1 rings (SSSR count). The molecule has 0 aliphatic heterocycles. The summed E-state index contributed by atoms with van der Waals surface area (Å²) in [4.78, 5) is 0. The lowest BCUT2D eigenvalue weighted by Crippen LogP contribution is -2.23. The van der Waals surface area contributed by atoms with Gasteiger partial charge in [0.2, 0.25) is 0 Å². The van der Waals surface area contributed by atoms with Gasteiger partial charge in [0.25, 0.3) is 0 Å². The molecule has 0 unspecified atom stereocenters. The van der Waals surface area contributed by atoms with Gasteiger partial charge in [-0.05, 0) is 63.4 Å². The van der Waals surface area contributed by atoms with Crippen molar-refractivity contribution in [1.82, 2.24) is 5.32 Å². The molecule has 0 atom stereocenters. The summed E-state index contributed by atoms with van der Waals surface area (Å²) in [6, 6.07) is 3.86. The lowest BCUT2D eigenvalue weighted by molar-refractivity contribution is 0.355. The molecule has 126 valence electrons. The van der Waals surface area contributed by atoms with Crippen molar-refractivity contribution in [2.45, 2.75) is 40.0 Å². The fourth-order valence-corrected chi connectivity index (χ4v) is 2.59. The molecular formula is C19H28N2O2. The number of aryl methyl sites for hydroxylation is 2. The third-order valence-corrected chi connectivity index (χ3v) is 3.65. The van der Waals surface area contributed by atoms with Crippen molar-refractivity contribution < 1.29 is 10.2 Å². The predicted octanol–water partition coefficient (Wildman–Crippen LogP) is 3.18. The van der Waals surface area contributed by atoms with Crippen LogP contribution in [0.25, 0.3) is 5.76 Å². The van der Waals surface area contributed by atoms with E-state index in [1.165, 1.54) is 0 Å². The molecule has 4 nitrogen and oxygen atoms in total. The Bertz CT molecular complexity index is 587. The molecule has 0 aliphatic carbocycles. The van der Waals surface area contributed by atoms with Crippen molar-refractivity contribution in [3.8, 4) is 11.8 Å². The van der Waals surface area contributed by atoms with E-state index >= 15 is 0 Å². The van der Waals surface area contributed by atoms with E-state index < -0.39 is 0 Å². The van der Waals surface area contributed by atoms with E-state index in [1.54, 1.807) is 6.92 Å². The summed E-state index contributed by atoms with van der Waals surface area (Å²) in [6.07, 6.45) is 2.21. The third kappa shape index (κ3) is 5.97. The van der Waals surface area contributed by atoms with Gasteiger partial charge in [0.1, 0.15) is 5.76 Å². The van der Waals surface area contributed by atoms with E-state index in [-0.39, 0.29) is 11.5 Å². The maximum absolute atomic E-state index is 10.4. The zero-order valence-corrected chi connectivity index (χ0v) is 14.4. The number of hydrogen-bond acceptors (Lipinski definition) is 4. The van der Waals surface area contributed by atoms with E-state index in [0.29, 0.717) is 18.5 Å². The number of hydrogen-bond donors (Lipinski definition) is 4. The zero-order chi connectivity index (χ0) is 17.2. The van der Waals surface area contributed by atoms with Gasteiger partial charge < -0.3 is 21.3 Å². The molecule has 0 aromatic heterocycles. The quantitative estimate of drug-likeness (QED) is 0.337. The minimum absolute atomic E-state index is 0.0223. The van der Waals surface area contributed by atoms with Gasteiger partial charge in [-0.25, -0.2) is 0 Å². The van der Waals surface area contributed by atoms with E-state index in [2.05, 4.69) is 17.2 Å². The molecule has 0 saturated carbocycles. The Balaban J connectivity index is 2.77. The van der Waals surface area contributed by atoms with Crippen LogP contribution in [0.2, 0.25) is 0 Å². The van der Waals surface area contributed by atoms with Gasteiger partial charge in [-0.1, -0.05) is 5.92 Å². The van der Waals surface area contributed by atoms with Crippen LogP contribution in [0, 0.1) is 25.7 Å². The molecule has 0 saturated heterocycles. The normalized spacial score (nSPS) is 11.7. The first-order valence-corrected chi connectivity index (χ1v) is 8.07. The van der Waals surface area contributed by atoms with E-state index in [9.17, 15) is 10.2 Å². The minimum atomic E-state index is -0.0223. The second-order valence-corrected chi connectivity index (χ2v) is 5.65. The zero-order valence-electron chi connectivity index (χ0n) is 14.4. The number of allylic oxidation sites excluding steroid dienone is 1. The fourth-order valence-electron chi connectivity index (χ4n) is 2.59. The van der Waals surface area contributed by atoms with Crippen LogP contribution in [0.15, 0.2) is 17.9 Å². The Kier molecular flexibility index (Phi) is 8.25. The predicted molar refractivity (Wildman–Crippen MR) is 96.4 cm³/mol. The summed E-state index contributed by atoms with van der Waals surface area (Å²) in [7, 11) is 0. The molecule has 0 fully saturated rings. The molecule has 0 radical (unpaired) electrons. The lowest BCUT2D eigenvalue weighted by Gasteiger charge is -2.12. The highest BCUT2D eigenvalue weighted by Gasteiger charge is 2.13. The van der Waals surface area contributed by atoms with Crippen molar-refractivity contribution in [3.63, 3.8) is 0 Å². The Labute approximate surface area is 139 Å². The Morgan fingerprint density at radius 2 is 1.78 bits per heavy atom. The van der Waals surface area contributed by atoms with E-state index in [1.807, 2.05) is 26.0 Å². The summed E-state index contributed by atoms with van der Waals surface area (Å²) in [5.41, 5.74) is 8.85. The van der Waals surface area contributed by atoms with Crippen LogP contribution in [-0.4, -0.2) is 29.8 Å². The van der Waals surface area contributed by atoms with Crippen molar-refractivity contribution >= 4 is 5.76 Å². The lowest BCUT2D eigenvalue weighted by atomic mass is 9.96. The first-order valence-electron chi connectivity index (χ1n) is 8.07. The number of benzene rings is 1. The molecular weight excluding hydrogens is 288 g/mol. The smallest absolute Gasteiger partial charge is 0.160 e. The molecule has 23 heavy (non-hydrogen) atoms. The van der Waals surface area contributed by atoms with Gasteiger partial charge in [-0.15, -0.1) is 5.92 Å². The van der Waals surface area contributed by atoms with Gasteiger partial charge in [-0.3, -0.25) is 0 Å². The average Bonchev–Trinajstić information content (AvgIpc) is 2.50. The SMILES string of the molecule is CC#Cc1cc(C)c(/C(O)=C(\O)CCCCNCCN)c(C)c1. The third-order valence-electron chi connectivity index (χ3n) is 3.65. The summed E-state index contributed by atoms with van der Waals surface area (Å²) in [5.74, 6) is 5.91. The monoisotopic (exact) mass is 316 g/mol.